The predicted octanol–water partition coefficient (Wildman–Crippen LogP) is 6.86. The molecule has 2 aromatic carbocycles. The van der Waals surface area contributed by atoms with Crippen molar-refractivity contribution in [3.05, 3.63) is 42.5 Å². The standard InChI is InChI=1S/C25H34N2O2/c1-4-5-6-7-8-9-10-13-18-27-22-15-12-11-14-21(22)26-25(27)20-16-17-23(28-2)24(19-20)29-3/h11-12,14-17,19H,4-10,13,18H2,1-3H3. The first kappa shape index (κ1) is 21.2. The second-order valence-electron chi connectivity index (χ2n) is 7.62. The Balaban J connectivity index is 1.75. The van der Waals surface area contributed by atoms with Crippen LogP contribution in [-0.2, 0) is 6.54 Å². The quantitative estimate of drug-likeness (QED) is 0.315. The fourth-order valence-electron chi connectivity index (χ4n) is 3.90. The summed E-state index contributed by atoms with van der Waals surface area (Å²) >= 11 is 0. The van der Waals surface area contributed by atoms with Crippen molar-refractivity contribution in [2.75, 3.05) is 14.2 Å². The van der Waals surface area contributed by atoms with Crippen molar-refractivity contribution in [2.24, 2.45) is 0 Å². The first-order valence-corrected chi connectivity index (χ1v) is 11.0. The third-order valence-corrected chi connectivity index (χ3v) is 5.53. The minimum Gasteiger partial charge on any atom is -0.493 e. The van der Waals surface area contributed by atoms with E-state index in [1.807, 2.05) is 18.2 Å². The van der Waals surface area contributed by atoms with Crippen LogP contribution < -0.4 is 9.47 Å². The van der Waals surface area contributed by atoms with Gasteiger partial charge in [-0.3, -0.25) is 0 Å². The van der Waals surface area contributed by atoms with Gasteiger partial charge in [-0.15, -0.1) is 0 Å². The van der Waals surface area contributed by atoms with Crippen molar-refractivity contribution in [1.29, 1.82) is 0 Å². The molecule has 29 heavy (non-hydrogen) atoms. The molecule has 0 N–H and O–H groups in total. The van der Waals surface area contributed by atoms with Gasteiger partial charge in [0.15, 0.2) is 11.5 Å². The first-order valence-electron chi connectivity index (χ1n) is 11.0. The Hall–Kier alpha value is -2.49. The summed E-state index contributed by atoms with van der Waals surface area (Å²) in [6, 6.07) is 14.4. The molecule has 0 aliphatic heterocycles. The summed E-state index contributed by atoms with van der Waals surface area (Å²) in [5, 5.41) is 0. The monoisotopic (exact) mass is 394 g/mol. The van der Waals surface area contributed by atoms with Crippen LogP contribution in [0.2, 0.25) is 0 Å². The number of nitrogens with zero attached hydrogens (tertiary/aromatic N) is 2. The summed E-state index contributed by atoms with van der Waals surface area (Å²) in [5.74, 6) is 2.47. The Morgan fingerprint density at radius 1 is 0.793 bits per heavy atom. The molecule has 0 aliphatic rings. The molecule has 4 nitrogen and oxygen atoms in total. The van der Waals surface area contributed by atoms with Gasteiger partial charge in [0.05, 0.1) is 25.3 Å². The molecule has 4 heteroatoms. The van der Waals surface area contributed by atoms with E-state index in [0.717, 1.165) is 34.9 Å². The highest BCUT2D eigenvalue weighted by molar-refractivity contribution is 5.81. The lowest BCUT2D eigenvalue weighted by atomic mass is 10.1. The molecule has 3 rings (SSSR count). The van der Waals surface area contributed by atoms with Crippen molar-refractivity contribution in [3.8, 4) is 22.9 Å². The lowest BCUT2D eigenvalue weighted by Gasteiger charge is -2.12. The van der Waals surface area contributed by atoms with Crippen molar-refractivity contribution < 1.29 is 9.47 Å². The summed E-state index contributed by atoms with van der Waals surface area (Å²) in [7, 11) is 3.33. The van der Waals surface area contributed by atoms with Crippen LogP contribution >= 0.6 is 0 Å². The molecule has 156 valence electrons. The van der Waals surface area contributed by atoms with Gasteiger partial charge in [-0.25, -0.2) is 4.98 Å². The number of aryl methyl sites for hydroxylation is 1. The number of benzene rings is 2. The number of methoxy groups -OCH3 is 2. The minimum absolute atomic E-state index is 0.732. The van der Waals surface area contributed by atoms with Gasteiger partial charge >= 0.3 is 0 Å². The van der Waals surface area contributed by atoms with Gasteiger partial charge in [0, 0.05) is 12.1 Å². The first-order chi connectivity index (χ1) is 14.3. The van der Waals surface area contributed by atoms with Crippen LogP contribution in [0.25, 0.3) is 22.4 Å². The Labute approximate surface area is 174 Å². The number of rotatable bonds is 12. The largest absolute Gasteiger partial charge is 0.493 e. The molecule has 0 radical (unpaired) electrons. The lowest BCUT2D eigenvalue weighted by Crippen LogP contribution is -2.01. The van der Waals surface area contributed by atoms with Gasteiger partial charge < -0.3 is 14.0 Å². The summed E-state index contributed by atoms with van der Waals surface area (Å²) in [6.07, 6.45) is 10.6. The molecule has 0 fully saturated rings. The molecule has 0 spiro atoms. The number of ether oxygens (including phenoxy) is 2. The van der Waals surface area contributed by atoms with E-state index in [2.05, 4.69) is 35.8 Å². The summed E-state index contributed by atoms with van der Waals surface area (Å²) in [6.45, 7) is 3.25. The van der Waals surface area contributed by atoms with Crippen LogP contribution in [-0.4, -0.2) is 23.8 Å². The second-order valence-corrected chi connectivity index (χ2v) is 7.62. The van der Waals surface area contributed by atoms with Gasteiger partial charge in [0.1, 0.15) is 5.82 Å². The number of fused-ring (bicyclic) bond motifs is 1. The highest BCUT2D eigenvalue weighted by atomic mass is 16.5. The molecular formula is C25H34N2O2. The number of aromatic nitrogens is 2. The van der Waals surface area contributed by atoms with Gasteiger partial charge in [0.25, 0.3) is 0 Å². The van der Waals surface area contributed by atoms with Crippen LogP contribution in [0.15, 0.2) is 42.5 Å². The summed E-state index contributed by atoms with van der Waals surface area (Å²) in [4.78, 5) is 4.93. The van der Waals surface area contributed by atoms with Crippen LogP contribution in [0, 0.1) is 0 Å². The van der Waals surface area contributed by atoms with E-state index in [9.17, 15) is 0 Å². The molecule has 0 unspecified atom stereocenters. The Kier molecular flexibility index (Phi) is 7.97. The van der Waals surface area contributed by atoms with Gasteiger partial charge in [-0.2, -0.15) is 0 Å². The van der Waals surface area contributed by atoms with Crippen LogP contribution in [0.5, 0.6) is 11.5 Å². The highest BCUT2D eigenvalue weighted by Gasteiger charge is 2.14. The Bertz CT molecular complexity index is 901. The fraction of sp³-hybridized carbons (Fsp3) is 0.480. The smallest absolute Gasteiger partial charge is 0.161 e. The maximum absolute atomic E-state index is 5.50. The number of hydrogen-bond donors (Lipinski definition) is 0. The molecule has 0 bridgehead atoms. The van der Waals surface area contributed by atoms with E-state index >= 15 is 0 Å². The van der Waals surface area contributed by atoms with Crippen molar-refractivity contribution >= 4 is 11.0 Å². The van der Waals surface area contributed by atoms with Gasteiger partial charge in [-0.05, 0) is 36.8 Å². The molecule has 3 aromatic rings. The Morgan fingerprint density at radius 2 is 1.48 bits per heavy atom. The average Bonchev–Trinajstić information content (AvgIpc) is 3.13. The minimum atomic E-state index is 0.732. The molecular weight excluding hydrogens is 360 g/mol. The lowest BCUT2D eigenvalue weighted by molar-refractivity contribution is 0.355. The molecule has 0 saturated heterocycles. The topological polar surface area (TPSA) is 36.3 Å². The molecule has 0 saturated carbocycles. The van der Waals surface area contributed by atoms with E-state index in [1.165, 1.54) is 56.9 Å². The molecule has 0 atom stereocenters. The molecule has 0 amide bonds. The number of hydrogen-bond acceptors (Lipinski definition) is 3. The molecule has 1 aromatic heterocycles. The summed E-state index contributed by atoms with van der Waals surface area (Å²) < 4.78 is 13.2. The van der Waals surface area contributed by atoms with Crippen molar-refractivity contribution in [2.45, 2.75) is 64.8 Å². The third kappa shape index (κ3) is 5.31. The summed E-state index contributed by atoms with van der Waals surface area (Å²) in [5.41, 5.74) is 3.29. The normalized spacial score (nSPS) is 11.1. The SMILES string of the molecule is CCCCCCCCCCn1c(-c2ccc(OC)c(OC)c2)nc2ccccc21. The van der Waals surface area contributed by atoms with Crippen molar-refractivity contribution in [3.63, 3.8) is 0 Å². The van der Waals surface area contributed by atoms with Crippen LogP contribution in [0.3, 0.4) is 0 Å². The zero-order valence-corrected chi connectivity index (χ0v) is 18.1. The van der Waals surface area contributed by atoms with E-state index in [4.69, 9.17) is 14.5 Å². The average molecular weight is 395 g/mol. The zero-order valence-electron chi connectivity index (χ0n) is 18.1. The van der Waals surface area contributed by atoms with E-state index in [1.54, 1.807) is 14.2 Å². The maximum atomic E-state index is 5.50. The van der Waals surface area contributed by atoms with Gasteiger partial charge in [0.2, 0.25) is 0 Å². The fourth-order valence-corrected chi connectivity index (χ4v) is 3.90. The van der Waals surface area contributed by atoms with Crippen molar-refractivity contribution in [1.82, 2.24) is 9.55 Å². The zero-order chi connectivity index (χ0) is 20.5. The second kappa shape index (κ2) is 10.9. The number of para-hydroxylation sites is 2. The Morgan fingerprint density at radius 3 is 2.21 bits per heavy atom. The van der Waals surface area contributed by atoms with E-state index in [0.29, 0.717) is 0 Å². The molecule has 0 aliphatic carbocycles. The van der Waals surface area contributed by atoms with Crippen LogP contribution in [0.1, 0.15) is 58.3 Å². The predicted molar refractivity (Wildman–Crippen MR) is 121 cm³/mol. The van der Waals surface area contributed by atoms with Gasteiger partial charge in [-0.1, -0.05) is 64.0 Å². The van der Waals surface area contributed by atoms with E-state index in [-0.39, 0.29) is 0 Å². The van der Waals surface area contributed by atoms with Crippen LogP contribution in [0.4, 0.5) is 0 Å². The maximum Gasteiger partial charge on any atom is 0.161 e. The molecule has 1 heterocycles. The number of imidazole rings is 1. The highest BCUT2D eigenvalue weighted by Crippen LogP contribution is 2.33. The number of unbranched alkanes of at least 4 members (excludes halogenated alkanes) is 7. The van der Waals surface area contributed by atoms with E-state index < -0.39 is 0 Å². The third-order valence-electron chi connectivity index (χ3n) is 5.53.